The lowest BCUT2D eigenvalue weighted by Gasteiger charge is -2.34. The Kier molecular flexibility index (Phi) is 4.39. The lowest BCUT2D eigenvalue weighted by molar-refractivity contribution is 0.0855. The van der Waals surface area contributed by atoms with Crippen LogP contribution in [0.15, 0.2) is 66.4 Å². The number of anilines is 1. The number of nitrogens with zero attached hydrogens (tertiary/aromatic N) is 1. The second-order valence-corrected chi connectivity index (χ2v) is 7.04. The van der Waals surface area contributed by atoms with Gasteiger partial charge in [-0.3, -0.25) is 9.89 Å². The average molecular weight is 375 g/mol. The predicted octanol–water partition coefficient (Wildman–Crippen LogP) is 4.44. The molecule has 0 bridgehead atoms. The van der Waals surface area contributed by atoms with Gasteiger partial charge in [-0.25, -0.2) is 0 Å². The van der Waals surface area contributed by atoms with Crippen LogP contribution in [0.1, 0.15) is 24.2 Å². The van der Waals surface area contributed by atoms with Crippen molar-refractivity contribution in [3.63, 3.8) is 0 Å². The number of methoxy groups -OCH3 is 1. The number of hydrogen-bond acceptors (Lipinski definition) is 5. The second kappa shape index (κ2) is 6.88. The molecule has 0 aliphatic carbocycles. The molecule has 2 aromatic carbocycles. The summed E-state index contributed by atoms with van der Waals surface area (Å²) in [5.41, 5.74) is 2.18. The normalized spacial score (nSPS) is 16.4. The summed E-state index contributed by atoms with van der Waals surface area (Å²) in [5.74, 6) is 1.71. The summed E-state index contributed by atoms with van der Waals surface area (Å²) in [7, 11) is 1.58. The van der Waals surface area contributed by atoms with Crippen LogP contribution in [0.4, 0.5) is 5.82 Å². The number of carbonyl (C=O) groups excluding carboxylic acids is 1. The van der Waals surface area contributed by atoms with Gasteiger partial charge in [-0.2, -0.15) is 5.10 Å². The van der Waals surface area contributed by atoms with Crippen LogP contribution in [0.2, 0.25) is 0 Å². The molecule has 2 N–H and O–H groups in total. The van der Waals surface area contributed by atoms with Gasteiger partial charge < -0.3 is 14.8 Å². The number of aromatic nitrogens is 2. The van der Waals surface area contributed by atoms with Crippen LogP contribution in [-0.4, -0.2) is 28.7 Å². The predicted molar refractivity (Wildman–Crippen MR) is 108 cm³/mol. The highest BCUT2D eigenvalue weighted by Crippen LogP contribution is 2.38. The number of H-pyrrole nitrogens is 1. The van der Waals surface area contributed by atoms with E-state index < -0.39 is 5.60 Å². The number of rotatable bonds is 4. The Labute approximate surface area is 163 Å². The highest BCUT2D eigenvalue weighted by molar-refractivity contribution is 6.13. The van der Waals surface area contributed by atoms with Gasteiger partial charge in [0, 0.05) is 18.3 Å². The molecule has 1 aliphatic heterocycles. The first-order valence-electron chi connectivity index (χ1n) is 8.98. The quantitative estimate of drug-likeness (QED) is 0.660. The fourth-order valence-corrected chi connectivity index (χ4v) is 3.20. The van der Waals surface area contributed by atoms with E-state index in [1.165, 1.54) is 0 Å². The average Bonchev–Trinajstić information content (AvgIpc) is 3.16. The van der Waals surface area contributed by atoms with E-state index in [0.29, 0.717) is 28.5 Å². The number of aromatic amines is 1. The topological polar surface area (TPSA) is 76.2 Å². The zero-order valence-electron chi connectivity index (χ0n) is 15.9. The number of carbonyl (C=O) groups is 1. The van der Waals surface area contributed by atoms with Crippen molar-refractivity contribution in [2.24, 2.45) is 0 Å². The smallest absolute Gasteiger partial charge is 0.198 e. The van der Waals surface area contributed by atoms with E-state index in [1.807, 2.05) is 50.2 Å². The first-order chi connectivity index (χ1) is 13.5. The third kappa shape index (κ3) is 3.24. The molecule has 3 aromatic rings. The van der Waals surface area contributed by atoms with Crippen LogP contribution >= 0.6 is 0 Å². The van der Waals surface area contributed by atoms with E-state index in [0.717, 1.165) is 11.3 Å². The van der Waals surface area contributed by atoms with Gasteiger partial charge in [-0.05, 0) is 31.5 Å². The molecule has 6 nitrogen and oxygen atoms in total. The summed E-state index contributed by atoms with van der Waals surface area (Å²) < 4.78 is 11.3. The van der Waals surface area contributed by atoms with Gasteiger partial charge in [0.05, 0.1) is 23.9 Å². The van der Waals surface area contributed by atoms with Crippen molar-refractivity contribution < 1.29 is 14.3 Å². The fraction of sp³-hybridized carbons (Fsp3) is 0.182. The molecule has 2 heterocycles. The van der Waals surface area contributed by atoms with Crippen LogP contribution in [-0.2, 0) is 0 Å². The molecule has 0 fully saturated rings. The molecule has 6 heteroatoms. The van der Waals surface area contributed by atoms with Crippen molar-refractivity contribution >= 4 is 11.6 Å². The maximum atomic E-state index is 13.0. The number of ether oxygens (including phenoxy) is 2. The lowest BCUT2D eigenvalue weighted by Crippen LogP contribution is -2.39. The lowest BCUT2D eigenvalue weighted by atomic mass is 9.87. The molecular formula is C22H21N3O3. The Morgan fingerprint density at radius 1 is 1.14 bits per heavy atom. The van der Waals surface area contributed by atoms with Gasteiger partial charge in [-0.15, -0.1) is 0 Å². The molecule has 4 rings (SSSR count). The summed E-state index contributed by atoms with van der Waals surface area (Å²) in [6.45, 7) is 3.72. The molecule has 0 amide bonds. The standard InChI is InChI=1S/C22H21N3O3/c1-22(2)17(21(26)16-10-9-15(27-3)11-19(16)28-22)13-23-20-12-18(24-25-20)14-7-5-4-6-8-14/h4-13H,1-3H3,(H2,23,24,25)/b17-13-. The number of nitrogens with one attached hydrogen (secondary N) is 2. The van der Waals surface area contributed by atoms with Crippen molar-refractivity contribution in [1.29, 1.82) is 0 Å². The number of ketones is 1. The second-order valence-electron chi connectivity index (χ2n) is 7.04. The molecule has 0 saturated carbocycles. The van der Waals surface area contributed by atoms with Gasteiger partial charge in [0.1, 0.15) is 17.1 Å². The van der Waals surface area contributed by atoms with E-state index in [-0.39, 0.29) is 5.78 Å². The molecule has 0 radical (unpaired) electrons. The van der Waals surface area contributed by atoms with Crippen molar-refractivity contribution in [2.75, 3.05) is 12.4 Å². The Morgan fingerprint density at radius 3 is 2.68 bits per heavy atom. The molecule has 0 atom stereocenters. The van der Waals surface area contributed by atoms with Gasteiger partial charge in [-0.1, -0.05) is 30.3 Å². The Bertz CT molecular complexity index is 1050. The minimum atomic E-state index is -0.790. The van der Waals surface area contributed by atoms with Crippen LogP contribution < -0.4 is 14.8 Å². The van der Waals surface area contributed by atoms with Crippen molar-refractivity contribution in [3.05, 3.63) is 71.9 Å². The first kappa shape index (κ1) is 17.9. The van der Waals surface area contributed by atoms with E-state index >= 15 is 0 Å². The summed E-state index contributed by atoms with van der Waals surface area (Å²) in [4.78, 5) is 13.0. The molecule has 28 heavy (non-hydrogen) atoms. The largest absolute Gasteiger partial charge is 0.497 e. The van der Waals surface area contributed by atoms with Crippen LogP contribution in [0, 0.1) is 0 Å². The molecule has 0 unspecified atom stereocenters. The number of Topliss-reactive ketones (excluding diaryl/α,β-unsaturated/α-hetero) is 1. The molecule has 0 spiro atoms. The van der Waals surface area contributed by atoms with Crippen molar-refractivity contribution in [2.45, 2.75) is 19.4 Å². The number of hydrogen-bond donors (Lipinski definition) is 2. The van der Waals surface area contributed by atoms with Crippen LogP contribution in [0.5, 0.6) is 11.5 Å². The summed E-state index contributed by atoms with van der Waals surface area (Å²) in [5, 5.41) is 10.4. The summed E-state index contributed by atoms with van der Waals surface area (Å²) >= 11 is 0. The fourth-order valence-electron chi connectivity index (χ4n) is 3.20. The zero-order valence-corrected chi connectivity index (χ0v) is 15.9. The van der Waals surface area contributed by atoms with Gasteiger partial charge in [0.15, 0.2) is 11.6 Å². The molecule has 1 aromatic heterocycles. The Balaban J connectivity index is 1.60. The minimum Gasteiger partial charge on any atom is -0.497 e. The van der Waals surface area contributed by atoms with E-state index in [2.05, 4.69) is 15.5 Å². The Morgan fingerprint density at radius 2 is 1.93 bits per heavy atom. The van der Waals surface area contributed by atoms with Gasteiger partial charge >= 0.3 is 0 Å². The van der Waals surface area contributed by atoms with E-state index in [1.54, 1.807) is 31.5 Å². The van der Waals surface area contributed by atoms with Crippen molar-refractivity contribution in [3.8, 4) is 22.8 Å². The van der Waals surface area contributed by atoms with Gasteiger partial charge in [0.25, 0.3) is 0 Å². The number of fused-ring (bicyclic) bond motifs is 1. The minimum absolute atomic E-state index is 0.0831. The molecule has 1 aliphatic rings. The van der Waals surface area contributed by atoms with Crippen LogP contribution in [0.3, 0.4) is 0 Å². The van der Waals surface area contributed by atoms with E-state index in [4.69, 9.17) is 9.47 Å². The SMILES string of the molecule is COc1ccc2c(c1)OC(C)(C)/C(=C\Nc1cc(-c3ccccc3)[nH]n1)C2=O. The highest BCUT2D eigenvalue weighted by Gasteiger charge is 2.38. The maximum absolute atomic E-state index is 13.0. The molecule has 0 saturated heterocycles. The zero-order chi connectivity index (χ0) is 19.7. The first-order valence-corrected chi connectivity index (χ1v) is 8.98. The molecule has 142 valence electrons. The monoisotopic (exact) mass is 375 g/mol. The highest BCUT2D eigenvalue weighted by atomic mass is 16.5. The third-order valence-corrected chi connectivity index (χ3v) is 4.72. The van der Waals surface area contributed by atoms with Gasteiger partial charge in [0.2, 0.25) is 0 Å². The summed E-state index contributed by atoms with van der Waals surface area (Å²) in [6.07, 6.45) is 1.67. The number of benzene rings is 2. The maximum Gasteiger partial charge on any atom is 0.198 e. The van der Waals surface area contributed by atoms with Crippen LogP contribution in [0.25, 0.3) is 11.3 Å². The summed E-state index contributed by atoms with van der Waals surface area (Å²) in [6, 6.07) is 17.0. The Hall–Kier alpha value is -3.54. The third-order valence-electron chi connectivity index (χ3n) is 4.72. The van der Waals surface area contributed by atoms with Crippen molar-refractivity contribution in [1.82, 2.24) is 10.2 Å². The van der Waals surface area contributed by atoms with E-state index in [9.17, 15) is 4.79 Å². The molecular weight excluding hydrogens is 354 g/mol.